The van der Waals surface area contributed by atoms with Gasteiger partial charge in [-0.25, -0.2) is 9.13 Å². The summed E-state index contributed by atoms with van der Waals surface area (Å²) in [4.78, 5) is 0. The molecule has 0 saturated heterocycles. The average molecular weight is 265 g/mol. The van der Waals surface area contributed by atoms with Crippen LogP contribution in [0.3, 0.4) is 0 Å². The van der Waals surface area contributed by atoms with Crippen LogP contribution >= 0.6 is 0 Å². The number of aromatic nitrogens is 2. The summed E-state index contributed by atoms with van der Waals surface area (Å²) < 4.78 is 4.77. The summed E-state index contributed by atoms with van der Waals surface area (Å²) in [6.45, 7) is 5.76. The highest BCUT2D eigenvalue weighted by Crippen LogP contribution is 2.06. The molecule has 0 N–H and O–H groups in total. The molecule has 0 amide bonds. The third-order valence-electron chi connectivity index (χ3n) is 3.97. The lowest BCUT2D eigenvalue weighted by molar-refractivity contribution is -0.704. The Kier molecular flexibility index (Phi) is 8.61. The van der Waals surface area contributed by atoms with Crippen molar-refractivity contribution in [2.75, 3.05) is 0 Å². The van der Waals surface area contributed by atoms with Gasteiger partial charge in [0, 0.05) is 6.42 Å². The van der Waals surface area contributed by atoms with Crippen LogP contribution in [0.25, 0.3) is 0 Å². The maximum absolute atomic E-state index is 2.47. The molecule has 0 unspecified atom stereocenters. The molecule has 0 aromatic carbocycles. The van der Waals surface area contributed by atoms with Crippen molar-refractivity contribution in [3.05, 3.63) is 18.2 Å². The van der Waals surface area contributed by atoms with E-state index in [1.807, 2.05) is 0 Å². The van der Waals surface area contributed by atoms with Gasteiger partial charge in [0.05, 0.1) is 13.6 Å². The Morgan fingerprint density at radius 3 is 2.26 bits per heavy atom. The van der Waals surface area contributed by atoms with Crippen LogP contribution in [0.1, 0.15) is 77.5 Å². The molecule has 2 heteroatoms. The van der Waals surface area contributed by atoms with E-state index >= 15 is 0 Å². The molecular weight excluding hydrogens is 232 g/mol. The fourth-order valence-electron chi connectivity index (χ4n) is 2.67. The van der Waals surface area contributed by atoms with Gasteiger partial charge in [-0.1, -0.05) is 52.4 Å². The van der Waals surface area contributed by atoms with Crippen LogP contribution in [0.5, 0.6) is 0 Å². The molecule has 0 bridgehead atoms. The highest BCUT2D eigenvalue weighted by molar-refractivity contribution is 4.82. The van der Waals surface area contributed by atoms with E-state index in [0.29, 0.717) is 0 Å². The standard InChI is InChI=1S/C17H33N2/c1-4-6-8-9-10-12-14-19-16-15-18(3)17(19)13-11-7-5-2/h15-16H,4-14H2,1-3H3/q+1. The first-order chi connectivity index (χ1) is 9.29. The first-order valence-corrected chi connectivity index (χ1v) is 8.33. The largest absolute Gasteiger partial charge is 0.256 e. The van der Waals surface area contributed by atoms with Crippen molar-refractivity contribution >= 4 is 0 Å². The van der Waals surface area contributed by atoms with Crippen molar-refractivity contribution in [2.24, 2.45) is 7.05 Å². The minimum absolute atomic E-state index is 1.20. The molecule has 0 saturated carbocycles. The fraction of sp³-hybridized carbons (Fsp3) is 0.824. The molecule has 2 nitrogen and oxygen atoms in total. The van der Waals surface area contributed by atoms with E-state index in [9.17, 15) is 0 Å². The number of rotatable bonds is 11. The number of nitrogens with zero attached hydrogens (tertiary/aromatic N) is 2. The zero-order valence-electron chi connectivity index (χ0n) is 13.3. The Hall–Kier alpha value is -0.790. The molecule has 1 heterocycles. The molecular formula is C17H33N2+. The predicted octanol–water partition coefficient (Wildman–Crippen LogP) is 4.41. The van der Waals surface area contributed by atoms with E-state index in [0.717, 1.165) is 0 Å². The van der Waals surface area contributed by atoms with Crippen molar-refractivity contribution in [2.45, 2.75) is 84.6 Å². The van der Waals surface area contributed by atoms with Gasteiger partial charge < -0.3 is 0 Å². The van der Waals surface area contributed by atoms with Gasteiger partial charge in [-0.2, -0.15) is 0 Å². The Labute approximate surface area is 119 Å². The molecule has 1 aromatic rings. The van der Waals surface area contributed by atoms with Crippen LogP contribution in [0, 0.1) is 0 Å². The van der Waals surface area contributed by atoms with Crippen molar-refractivity contribution in [3.8, 4) is 0 Å². The predicted molar refractivity (Wildman–Crippen MR) is 82.2 cm³/mol. The molecule has 0 fully saturated rings. The topological polar surface area (TPSA) is 8.81 Å². The monoisotopic (exact) mass is 265 g/mol. The Morgan fingerprint density at radius 1 is 0.895 bits per heavy atom. The van der Waals surface area contributed by atoms with Crippen molar-refractivity contribution in [1.82, 2.24) is 4.57 Å². The van der Waals surface area contributed by atoms with E-state index < -0.39 is 0 Å². The number of unbranched alkanes of at least 4 members (excludes halogenated alkanes) is 7. The van der Waals surface area contributed by atoms with E-state index in [1.165, 1.54) is 76.6 Å². The second-order valence-corrected chi connectivity index (χ2v) is 5.74. The van der Waals surface area contributed by atoms with Gasteiger partial charge in [-0.15, -0.1) is 0 Å². The van der Waals surface area contributed by atoms with Gasteiger partial charge in [0.25, 0.3) is 5.82 Å². The van der Waals surface area contributed by atoms with Gasteiger partial charge in [0.15, 0.2) is 0 Å². The zero-order valence-corrected chi connectivity index (χ0v) is 13.3. The summed E-state index contributed by atoms with van der Waals surface area (Å²) in [6, 6.07) is 0. The van der Waals surface area contributed by atoms with Gasteiger partial charge in [0.2, 0.25) is 0 Å². The lowest BCUT2D eigenvalue weighted by Gasteiger charge is -2.03. The summed E-state index contributed by atoms with van der Waals surface area (Å²) >= 11 is 0. The molecule has 0 radical (unpaired) electrons. The highest BCUT2D eigenvalue weighted by Gasteiger charge is 2.13. The number of imidazole rings is 1. The summed E-state index contributed by atoms with van der Waals surface area (Å²) in [5, 5.41) is 0. The Balaban J connectivity index is 2.28. The molecule has 1 aromatic heterocycles. The summed E-state index contributed by atoms with van der Waals surface area (Å²) in [7, 11) is 2.18. The van der Waals surface area contributed by atoms with Gasteiger partial charge in [-0.3, -0.25) is 0 Å². The third kappa shape index (κ3) is 6.26. The normalized spacial score (nSPS) is 11.1. The van der Waals surface area contributed by atoms with Crippen molar-refractivity contribution in [3.63, 3.8) is 0 Å². The first kappa shape index (κ1) is 16.3. The van der Waals surface area contributed by atoms with Gasteiger partial charge in [0.1, 0.15) is 12.4 Å². The Morgan fingerprint density at radius 2 is 1.53 bits per heavy atom. The maximum atomic E-state index is 2.47. The molecule has 0 aliphatic rings. The molecule has 110 valence electrons. The highest BCUT2D eigenvalue weighted by atomic mass is 15.1. The van der Waals surface area contributed by atoms with E-state index in [2.05, 4.69) is 42.4 Å². The second kappa shape index (κ2) is 10.1. The van der Waals surface area contributed by atoms with Gasteiger partial charge in [-0.05, 0) is 19.3 Å². The molecule has 0 aliphatic carbocycles. The lowest BCUT2D eigenvalue weighted by Crippen LogP contribution is -2.37. The van der Waals surface area contributed by atoms with Crippen LogP contribution < -0.4 is 4.57 Å². The average Bonchev–Trinajstić information content (AvgIpc) is 2.76. The minimum atomic E-state index is 1.20. The van der Waals surface area contributed by atoms with Crippen LogP contribution in [-0.2, 0) is 20.0 Å². The summed E-state index contributed by atoms with van der Waals surface area (Å²) in [5.74, 6) is 1.50. The smallest absolute Gasteiger partial charge is 0.237 e. The molecule has 0 atom stereocenters. The minimum Gasteiger partial charge on any atom is -0.237 e. The van der Waals surface area contributed by atoms with Gasteiger partial charge >= 0.3 is 0 Å². The SMILES string of the molecule is CCCCCCCC[n+]1ccn(C)c1CCCCC. The van der Waals surface area contributed by atoms with Crippen LogP contribution in [0.15, 0.2) is 12.4 Å². The first-order valence-electron chi connectivity index (χ1n) is 8.33. The van der Waals surface area contributed by atoms with E-state index in [1.54, 1.807) is 0 Å². The third-order valence-corrected chi connectivity index (χ3v) is 3.97. The number of aryl methyl sites for hydroxylation is 2. The van der Waals surface area contributed by atoms with Crippen LogP contribution in [0.2, 0.25) is 0 Å². The van der Waals surface area contributed by atoms with Crippen molar-refractivity contribution < 1.29 is 4.57 Å². The fourth-order valence-corrected chi connectivity index (χ4v) is 2.67. The Bertz CT molecular complexity index is 328. The number of hydrogen-bond acceptors (Lipinski definition) is 0. The maximum Gasteiger partial charge on any atom is 0.256 e. The van der Waals surface area contributed by atoms with Crippen LogP contribution in [-0.4, -0.2) is 4.57 Å². The number of hydrogen-bond donors (Lipinski definition) is 0. The molecule has 19 heavy (non-hydrogen) atoms. The quantitative estimate of drug-likeness (QED) is 0.414. The van der Waals surface area contributed by atoms with Crippen molar-refractivity contribution in [1.29, 1.82) is 0 Å². The summed E-state index contributed by atoms with van der Waals surface area (Å²) in [6.07, 6.45) is 18.0. The molecule has 0 spiro atoms. The van der Waals surface area contributed by atoms with Crippen LogP contribution in [0.4, 0.5) is 0 Å². The summed E-state index contributed by atoms with van der Waals surface area (Å²) in [5.41, 5.74) is 0. The second-order valence-electron chi connectivity index (χ2n) is 5.74. The molecule has 1 rings (SSSR count). The molecule has 0 aliphatic heterocycles. The lowest BCUT2D eigenvalue weighted by atomic mass is 10.1. The zero-order chi connectivity index (χ0) is 13.9. The van der Waals surface area contributed by atoms with E-state index in [-0.39, 0.29) is 0 Å². The van der Waals surface area contributed by atoms with E-state index in [4.69, 9.17) is 0 Å².